The summed E-state index contributed by atoms with van der Waals surface area (Å²) in [5.41, 5.74) is 0. The fourth-order valence-electron chi connectivity index (χ4n) is 15.2. The summed E-state index contributed by atoms with van der Waals surface area (Å²) >= 11 is 0. The molecule has 0 aromatic carbocycles. The zero-order chi connectivity index (χ0) is 70.4. The number of allylic oxidation sites excluding steroid dienone is 1. The van der Waals surface area contributed by atoms with Gasteiger partial charge in [-0.3, -0.25) is 4.79 Å². The van der Waals surface area contributed by atoms with Gasteiger partial charge in [-0.25, -0.2) is 0 Å². The van der Waals surface area contributed by atoms with Gasteiger partial charge >= 0.3 is 42.8 Å². The lowest BCUT2D eigenvalue weighted by Crippen LogP contribution is -2.66. The lowest BCUT2D eigenvalue weighted by molar-refractivity contribution is -0.115. The number of carbonyl (C=O) groups excluding carboxylic acids is 1. The molecule has 7 nitrogen and oxygen atoms in total. The van der Waals surface area contributed by atoms with Gasteiger partial charge in [-0.2, -0.15) is 0 Å². The third-order valence-electron chi connectivity index (χ3n) is 21.2. The molecule has 0 amide bonds. The van der Waals surface area contributed by atoms with Crippen molar-refractivity contribution in [3.63, 3.8) is 0 Å². The first-order chi connectivity index (χ1) is 46.2. The highest BCUT2D eigenvalue weighted by Crippen LogP contribution is 2.47. The van der Waals surface area contributed by atoms with Crippen LogP contribution in [0.3, 0.4) is 0 Å². The predicted octanol–water partition coefficient (Wildman–Crippen LogP) is 30.9. The molecular formula is C82H174O7Si6. The van der Waals surface area contributed by atoms with Gasteiger partial charge in [0.25, 0.3) is 0 Å². The quantitative estimate of drug-likeness (QED) is 0.0260. The lowest BCUT2D eigenvalue weighted by atomic mass is 10.2. The van der Waals surface area contributed by atoms with Gasteiger partial charge in [0.2, 0.25) is 0 Å². The molecule has 0 spiro atoms. The van der Waals surface area contributed by atoms with E-state index in [-0.39, 0.29) is 5.78 Å². The van der Waals surface area contributed by atoms with Crippen molar-refractivity contribution in [3.8, 4) is 0 Å². The van der Waals surface area contributed by atoms with Crippen LogP contribution >= 0.6 is 0 Å². The van der Waals surface area contributed by atoms with Gasteiger partial charge in [-0.1, -0.05) is 430 Å². The number of hydrogen-bond donors (Lipinski definition) is 0. The van der Waals surface area contributed by atoms with E-state index in [1.807, 2.05) is 0 Å². The van der Waals surface area contributed by atoms with Crippen LogP contribution in [0.1, 0.15) is 431 Å². The van der Waals surface area contributed by atoms with Gasteiger partial charge in [-0.15, -0.1) is 0 Å². The number of unbranched alkanes of at least 4 members (excludes halogenated alkanes) is 39. The Bertz CT molecular complexity index is 1600. The number of hydrogen-bond acceptors (Lipinski definition) is 7. The standard InChI is InChI=1S/C82H174O7Si6/c1-16-29-42-55-68-90(69-56-43-30-17-2,70-57-44-31-18-3)85-92(73-60-47-34-21-6,74-61-48-35-22-7)87-94(77-64-51-38-25-10,78-65-52-39-26-11)89-95(79-66-53-40-27-12,80-67-54-41-28-13)88-93(75-62-49-36-23-8,76-63-50-37-24-9)86-91(71-58-45-32-19-4,72-59-46-33-20-5)84-82(15)81(14)83/h15-80H2,1-14H3. The minimum Gasteiger partial charge on any atom is -0.518 e. The first-order valence-corrected chi connectivity index (χ1v) is 57.2. The molecule has 0 unspecified atom stereocenters. The van der Waals surface area contributed by atoms with Gasteiger partial charge < -0.3 is 25.0 Å². The summed E-state index contributed by atoms with van der Waals surface area (Å²) in [4.78, 5) is 13.7. The number of carbonyl (C=O) groups is 1. The van der Waals surface area contributed by atoms with Gasteiger partial charge in [-0.05, 0) is 66.5 Å². The Kier molecular flexibility index (Phi) is 64.2. The molecule has 0 radical (unpaired) electrons. The highest BCUT2D eigenvalue weighted by molar-refractivity contribution is 6.93. The molecule has 95 heavy (non-hydrogen) atoms. The van der Waals surface area contributed by atoms with E-state index in [0.29, 0.717) is 5.76 Å². The van der Waals surface area contributed by atoms with Crippen molar-refractivity contribution in [3.05, 3.63) is 12.3 Å². The van der Waals surface area contributed by atoms with Crippen molar-refractivity contribution in [1.82, 2.24) is 0 Å². The topological polar surface area (TPSA) is 72.5 Å². The molecule has 0 aliphatic heterocycles. The Balaban J connectivity index is 10.2. The lowest BCUT2D eigenvalue weighted by Gasteiger charge is -2.51. The predicted molar refractivity (Wildman–Crippen MR) is 437 cm³/mol. The van der Waals surface area contributed by atoms with E-state index in [2.05, 4.69) is 96.6 Å². The number of Topliss-reactive ketones (excluding diaryl/α,β-unsaturated/α-hetero) is 1. The van der Waals surface area contributed by atoms with Gasteiger partial charge in [0.05, 0.1) is 0 Å². The molecular weight excluding hydrogens is 1270 g/mol. The van der Waals surface area contributed by atoms with Crippen molar-refractivity contribution in [2.45, 2.75) is 509 Å². The van der Waals surface area contributed by atoms with Crippen LogP contribution in [0.25, 0.3) is 0 Å². The summed E-state index contributed by atoms with van der Waals surface area (Å²) in [6.07, 6.45) is 63.9. The fraction of sp³-hybridized carbons (Fsp3) is 0.963. The first-order valence-electron chi connectivity index (χ1n) is 43.5. The maximum Gasteiger partial charge on any atom is 0.390 e. The van der Waals surface area contributed by atoms with Crippen molar-refractivity contribution in [1.29, 1.82) is 0 Å². The molecule has 0 N–H and O–H groups in total. The smallest absolute Gasteiger partial charge is 0.390 e. The molecule has 0 atom stereocenters. The van der Waals surface area contributed by atoms with Crippen LogP contribution in [-0.2, 0) is 29.8 Å². The van der Waals surface area contributed by atoms with Crippen molar-refractivity contribution in [2.24, 2.45) is 0 Å². The van der Waals surface area contributed by atoms with Gasteiger partial charge in [0.1, 0.15) is 5.76 Å². The van der Waals surface area contributed by atoms with E-state index in [0.717, 1.165) is 112 Å². The largest absolute Gasteiger partial charge is 0.518 e. The van der Waals surface area contributed by atoms with Crippen LogP contribution in [0.5, 0.6) is 0 Å². The van der Waals surface area contributed by atoms with E-state index in [4.69, 9.17) is 12.7 Å². The van der Waals surface area contributed by atoms with Crippen LogP contribution in [0.15, 0.2) is 12.3 Å². The molecule has 0 heterocycles. The number of rotatable bonds is 78. The molecule has 0 rings (SSSR count). The third-order valence-corrected chi connectivity index (χ3v) is 51.9. The maximum absolute atomic E-state index is 13.7. The molecule has 0 aromatic rings. The third kappa shape index (κ3) is 47.3. The highest BCUT2D eigenvalue weighted by Gasteiger charge is 2.59. The van der Waals surface area contributed by atoms with E-state index < -0.39 is 51.1 Å². The van der Waals surface area contributed by atoms with Crippen LogP contribution in [0, 0.1) is 0 Å². The molecule has 0 aliphatic rings. The van der Waals surface area contributed by atoms with E-state index >= 15 is 0 Å². The van der Waals surface area contributed by atoms with Crippen LogP contribution in [0.4, 0.5) is 0 Å². The minimum atomic E-state index is -3.30. The number of ketones is 1. The first kappa shape index (κ1) is 95.3. The molecule has 13 heteroatoms. The van der Waals surface area contributed by atoms with Crippen LogP contribution < -0.4 is 0 Å². The molecule has 0 saturated carbocycles. The Morgan fingerprint density at radius 2 is 0.358 bits per heavy atom. The summed E-state index contributed by atoms with van der Waals surface area (Å²) in [6, 6.07) is 14.2. The molecule has 568 valence electrons. The molecule has 0 bridgehead atoms. The summed E-state index contributed by atoms with van der Waals surface area (Å²) in [5.74, 6) is 0.263. The molecule has 0 saturated heterocycles. The SMILES string of the molecule is C=C(O[Si](CCCCCC)(CCCCCC)O[Si](CCCCCC)(CCCCCC)O[Si](CCCCCC)(CCCCCC)O[Si](CCCCCC)(CCCCCC)O[Si](CCCCCC)(CCCCCC)O[Si](CCCCCC)(CCCCCC)CCCCCC)C(C)=O. The van der Waals surface area contributed by atoms with Gasteiger partial charge in [0.15, 0.2) is 14.1 Å². The monoisotopic (exact) mass is 1440 g/mol. The Hall–Kier alpha value is 0.311. The summed E-state index contributed by atoms with van der Waals surface area (Å²) in [6.45, 7) is 37.2. The van der Waals surface area contributed by atoms with E-state index in [9.17, 15) is 17.1 Å². The Labute approximate surface area is 604 Å². The van der Waals surface area contributed by atoms with Crippen molar-refractivity contribution >= 4 is 56.9 Å². The highest BCUT2D eigenvalue weighted by atomic mass is 28.5. The van der Waals surface area contributed by atoms with Crippen LogP contribution in [-0.4, -0.2) is 56.9 Å². The van der Waals surface area contributed by atoms with Crippen molar-refractivity contribution in [2.75, 3.05) is 0 Å². The molecule has 0 aliphatic carbocycles. The second-order valence-corrected chi connectivity index (χ2v) is 53.1. The normalized spacial score (nSPS) is 12.8. The Morgan fingerprint density at radius 1 is 0.211 bits per heavy atom. The molecule has 0 fully saturated rings. The Morgan fingerprint density at radius 3 is 0.526 bits per heavy atom. The minimum absolute atomic E-state index is 0.0566. The van der Waals surface area contributed by atoms with Gasteiger partial charge in [0, 0.05) is 19.0 Å². The average molecular weight is 1440 g/mol. The summed E-state index contributed by atoms with van der Waals surface area (Å²) in [7, 11) is -18.4. The summed E-state index contributed by atoms with van der Waals surface area (Å²) < 4.78 is 53.1. The zero-order valence-corrected chi connectivity index (χ0v) is 73.5. The summed E-state index contributed by atoms with van der Waals surface area (Å²) in [5, 5.41) is 0. The van der Waals surface area contributed by atoms with Crippen LogP contribution in [0.2, 0.25) is 78.6 Å². The van der Waals surface area contributed by atoms with E-state index in [1.165, 1.54) is 301 Å². The maximum atomic E-state index is 13.7. The fourth-order valence-corrected chi connectivity index (χ4v) is 53.4. The second kappa shape index (κ2) is 64.0. The second-order valence-electron chi connectivity index (χ2n) is 30.9. The molecule has 0 aromatic heterocycles. The van der Waals surface area contributed by atoms with Crippen molar-refractivity contribution < 1.29 is 29.8 Å². The average Bonchev–Trinajstić information content (AvgIpc) is 0.769. The zero-order valence-electron chi connectivity index (χ0n) is 67.5. The van der Waals surface area contributed by atoms with E-state index in [1.54, 1.807) is 6.92 Å².